The second-order valence-electron chi connectivity index (χ2n) is 4.36. The molecule has 4 heteroatoms. The summed E-state index contributed by atoms with van der Waals surface area (Å²) in [6.45, 7) is 10.7. The third-order valence-electron chi connectivity index (χ3n) is 2.41. The number of hydrogen-bond donors (Lipinski definition) is 3. The third kappa shape index (κ3) is 3.52. The maximum absolute atomic E-state index is 8.31. The van der Waals surface area contributed by atoms with Crippen LogP contribution in [0.3, 0.4) is 0 Å². The Kier molecular flexibility index (Phi) is 5.24. The van der Waals surface area contributed by atoms with Gasteiger partial charge in [-0.15, -0.1) is 0 Å². The number of aromatic amines is 1. The van der Waals surface area contributed by atoms with Gasteiger partial charge in [0.1, 0.15) is 11.7 Å². The Morgan fingerprint density at radius 3 is 2.83 bits per heavy atom. The van der Waals surface area contributed by atoms with Crippen LogP contribution in [0.4, 0.5) is 5.82 Å². The molecule has 98 valence electrons. The van der Waals surface area contributed by atoms with E-state index in [0.717, 1.165) is 24.3 Å². The number of nitrogens with one attached hydrogen (secondary N) is 3. The Hall–Kier alpha value is -1.97. The maximum atomic E-state index is 8.31. The van der Waals surface area contributed by atoms with Crippen molar-refractivity contribution >= 4 is 11.7 Å². The molecule has 0 aliphatic carbocycles. The second kappa shape index (κ2) is 6.69. The lowest BCUT2D eigenvalue weighted by atomic mass is 10.2. The van der Waals surface area contributed by atoms with Gasteiger partial charge < -0.3 is 15.2 Å². The Balaban J connectivity index is 2.97. The van der Waals surface area contributed by atoms with E-state index in [0.29, 0.717) is 5.84 Å². The van der Waals surface area contributed by atoms with Gasteiger partial charge in [0.2, 0.25) is 0 Å². The van der Waals surface area contributed by atoms with Crippen molar-refractivity contribution in [2.75, 3.05) is 11.9 Å². The number of H-pyrrole nitrogens is 1. The summed E-state index contributed by atoms with van der Waals surface area (Å²) in [7, 11) is 0. The number of anilines is 1. The Bertz CT molecular complexity index is 438. The molecule has 1 rings (SSSR count). The topological polar surface area (TPSA) is 54.9 Å². The van der Waals surface area contributed by atoms with Crippen LogP contribution < -0.4 is 5.32 Å². The standard InChI is InChI=1S/C14H22N4/c1-5-9-18(10-11(3)4)13(15)12-7-8-17-14(12)16-6-2/h6-8,10,15-17H,2,5,9H2,1,3-4H3. The number of amidine groups is 1. The van der Waals surface area contributed by atoms with Crippen molar-refractivity contribution in [1.29, 1.82) is 5.41 Å². The lowest BCUT2D eigenvalue weighted by Crippen LogP contribution is -2.27. The second-order valence-corrected chi connectivity index (χ2v) is 4.36. The molecule has 0 atom stereocenters. The normalized spacial score (nSPS) is 9.72. The highest BCUT2D eigenvalue weighted by Gasteiger charge is 2.13. The molecule has 18 heavy (non-hydrogen) atoms. The molecule has 1 heterocycles. The Morgan fingerprint density at radius 1 is 1.56 bits per heavy atom. The van der Waals surface area contributed by atoms with Crippen LogP contribution in [0.2, 0.25) is 0 Å². The van der Waals surface area contributed by atoms with Crippen molar-refractivity contribution in [2.45, 2.75) is 27.2 Å². The molecule has 1 aromatic rings. The van der Waals surface area contributed by atoms with E-state index >= 15 is 0 Å². The van der Waals surface area contributed by atoms with Crippen LogP contribution in [0.1, 0.15) is 32.8 Å². The van der Waals surface area contributed by atoms with Crippen molar-refractivity contribution < 1.29 is 0 Å². The van der Waals surface area contributed by atoms with Crippen LogP contribution in [0.5, 0.6) is 0 Å². The van der Waals surface area contributed by atoms with Crippen molar-refractivity contribution in [3.8, 4) is 0 Å². The first-order valence-electron chi connectivity index (χ1n) is 6.15. The number of hydrogen-bond acceptors (Lipinski definition) is 2. The van der Waals surface area contributed by atoms with Crippen LogP contribution in [0.15, 0.2) is 36.8 Å². The number of allylic oxidation sites excluding steroid dienone is 1. The zero-order valence-corrected chi connectivity index (χ0v) is 11.4. The largest absolute Gasteiger partial charge is 0.348 e. The van der Waals surface area contributed by atoms with E-state index in [1.54, 1.807) is 6.20 Å². The first-order valence-corrected chi connectivity index (χ1v) is 6.15. The summed E-state index contributed by atoms with van der Waals surface area (Å²) in [4.78, 5) is 5.03. The van der Waals surface area contributed by atoms with Gasteiger partial charge in [-0.3, -0.25) is 5.41 Å². The molecule has 3 N–H and O–H groups in total. The van der Waals surface area contributed by atoms with E-state index in [2.05, 4.69) is 23.8 Å². The predicted molar refractivity (Wildman–Crippen MR) is 77.9 cm³/mol. The van der Waals surface area contributed by atoms with Gasteiger partial charge in [-0.1, -0.05) is 19.1 Å². The van der Waals surface area contributed by atoms with Crippen molar-refractivity contribution in [3.63, 3.8) is 0 Å². The first-order chi connectivity index (χ1) is 8.60. The summed E-state index contributed by atoms with van der Waals surface area (Å²) in [5.41, 5.74) is 2.03. The van der Waals surface area contributed by atoms with Crippen LogP contribution in [-0.2, 0) is 0 Å². The predicted octanol–water partition coefficient (Wildman–Crippen LogP) is 3.53. The van der Waals surface area contributed by atoms with Crippen molar-refractivity contribution in [3.05, 3.63) is 42.4 Å². The van der Waals surface area contributed by atoms with E-state index in [1.807, 2.05) is 37.2 Å². The van der Waals surface area contributed by atoms with Gasteiger partial charge in [0, 0.05) is 18.9 Å². The number of nitrogens with zero attached hydrogens (tertiary/aromatic N) is 1. The fraction of sp³-hybridized carbons (Fsp3) is 0.357. The summed E-state index contributed by atoms with van der Waals surface area (Å²) in [6.07, 6.45) is 6.44. The molecule has 0 fully saturated rings. The molecule has 0 aromatic carbocycles. The molecule has 0 unspecified atom stereocenters. The Labute approximate surface area is 109 Å². The van der Waals surface area contributed by atoms with Gasteiger partial charge in [0.25, 0.3) is 0 Å². The molecule has 0 amide bonds. The van der Waals surface area contributed by atoms with Crippen molar-refractivity contribution in [1.82, 2.24) is 9.88 Å². The van der Waals surface area contributed by atoms with E-state index in [9.17, 15) is 0 Å². The van der Waals surface area contributed by atoms with Gasteiger partial charge >= 0.3 is 0 Å². The molecule has 1 aromatic heterocycles. The molecule has 0 radical (unpaired) electrons. The van der Waals surface area contributed by atoms with Gasteiger partial charge in [-0.25, -0.2) is 0 Å². The van der Waals surface area contributed by atoms with Gasteiger partial charge in [0.15, 0.2) is 0 Å². The highest BCUT2D eigenvalue weighted by Crippen LogP contribution is 2.16. The fourth-order valence-corrected chi connectivity index (χ4v) is 1.74. The minimum absolute atomic E-state index is 0.489. The van der Waals surface area contributed by atoms with Crippen molar-refractivity contribution in [2.24, 2.45) is 0 Å². The molecule has 0 aliphatic heterocycles. The van der Waals surface area contributed by atoms with E-state index in [-0.39, 0.29) is 0 Å². The highest BCUT2D eigenvalue weighted by molar-refractivity contribution is 6.01. The van der Waals surface area contributed by atoms with Gasteiger partial charge in [0.05, 0.1) is 5.56 Å². The summed E-state index contributed by atoms with van der Waals surface area (Å²) >= 11 is 0. The summed E-state index contributed by atoms with van der Waals surface area (Å²) < 4.78 is 0. The molecule has 0 aliphatic rings. The molecule has 0 saturated heterocycles. The Morgan fingerprint density at radius 2 is 2.28 bits per heavy atom. The summed E-state index contributed by atoms with van der Waals surface area (Å²) in [5, 5.41) is 11.3. The van der Waals surface area contributed by atoms with Gasteiger partial charge in [-0.05, 0) is 32.5 Å². The molecule has 0 bridgehead atoms. The lowest BCUT2D eigenvalue weighted by molar-refractivity contribution is 0.542. The maximum Gasteiger partial charge on any atom is 0.135 e. The van der Waals surface area contributed by atoms with Crippen LogP contribution in [-0.4, -0.2) is 22.3 Å². The molecule has 0 saturated carbocycles. The number of rotatable bonds is 6. The smallest absolute Gasteiger partial charge is 0.135 e. The average molecular weight is 246 g/mol. The number of aromatic nitrogens is 1. The lowest BCUT2D eigenvalue weighted by Gasteiger charge is -2.21. The van der Waals surface area contributed by atoms with E-state index in [4.69, 9.17) is 5.41 Å². The average Bonchev–Trinajstić information content (AvgIpc) is 2.76. The molecular weight excluding hydrogens is 224 g/mol. The molecule has 4 nitrogen and oxygen atoms in total. The highest BCUT2D eigenvalue weighted by atomic mass is 15.2. The van der Waals surface area contributed by atoms with Crippen LogP contribution in [0.25, 0.3) is 0 Å². The third-order valence-corrected chi connectivity index (χ3v) is 2.41. The quantitative estimate of drug-likeness (QED) is 0.531. The van der Waals surface area contributed by atoms with Crippen LogP contribution >= 0.6 is 0 Å². The fourth-order valence-electron chi connectivity index (χ4n) is 1.74. The van der Waals surface area contributed by atoms with E-state index < -0.39 is 0 Å². The monoisotopic (exact) mass is 246 g/mol. The minimum Gasteiger partial charge on any atom is -0.348 e. The summed E-state index contributed by atoms with van der Waals surface area (Å²) in [5.74, 6) is 1.29. The molecule has 0 spiro atoms. The zero-order valence-electron chi connectivity index (χ0n) is 11.4. The van der Waals surface area contributed by atoms with E-state index in [1.165, 1.54) is 5.57 Å². The molecular formula is C14H22N4. The SMILES string of the molecule is C=CNc1[nH]ccc1C(=N)N(C=C(C)C)CCC. The van der Waals surface area contributed by atoms with Gasteiger partial charge in [-0.2, -0.15) is 0 Å². The first kappa shape index (κ1) is 14.1. The van der Waals surface area contributed by atoms with Crippen LogP contribution in [0, 0.1) is 5.41 Å². The zero-order chi connectivity index (χ0) is 13.5. The summed E-state index contributed by atoms with van der Waals surface area (Å²) in [6, 6.07) is 1.90. The minimum atomic E-state index is 0.489.